The van der Waals surface area contributed by atoms with Crippen molar-refractivity contribution in [2.24, 2.45) is 10.9 Å². The van der Waals surface area contributed by atoms with Gasteiger partial charge in [0, 0.05) is 18.0 Å². The Kier molecular flexibility index (Phi) is 5.73. The minimum atomic E-state index is -0.552. The quantitative estimate of drug-likeness (QED) is 0.303. The number of nitrogens with two attached hydrogens (primary N) is 2. The summed E-state index contributed by atoms with van der Waals surface area (Å²) in [6, 6.07) is 6.83. The number of ether oxygens (including phenoxy) is 1. The molecule has 2 aromatic heterocycles. The topological polar surface area (TPSA) is 138 Å². The molecule has 9 heteroatoms. The van der Waals surface area contributed by atoms with Gasteiger partial charge in [-0.3, -0.25) is 9.78 Å². The van der Waals surface area contributed by atoms with Gasteiger partial charge in [-0.15, -0.1) is 0 Å². The fourth-order valence-corrected chi connectivity index (χ4v) is 3.09. The summed E-state index contributed by atoms with van der Waals surface area (Å²) >= 11 is 0. The highest BCUT2D eigenvalue weighted by Gasteiger charge is 2.21. The first-order valence-electron chi connectivity index (χ1n) is 8.93. The molecule has 0 saturated carbocycles. The number of carbonyl (C=O) groups excluding carboxylic acids is 1. The Morgan fingerprint density at radius 2 is 2.25 bits per heavy atom. The van der Waals surface area contributed by atoms with Gasteiger partial charge in [0.15, 0.2) is 0 Å². The first-order chi connectivity index (χ1) is 13.6. The number of hydrazone groups is 1. The van der Waals surface area contributed by atoms with Crippen molar-refractivity contribution in [3.8, 4) is 0 Å². The zero-order valence-electron chi connectivity index (χ0n) is 15.5. The van der Waals surface area contributed by atoms with Crippen molar-refractivity contribution in [3.63, 3.8) is 0 Å². The van der Waals surface area contributed by atoms with Crippen molar-refractivity contribution >= 4 is 22.9 Å². The highest BCUT2D eigenvalue weighted by atomic mass is 16.5. The molecule has 146 valence electrons. The van der Waals surface area contributed by atoms with E-state index in [1.807, 2.05) is 0 Å². The van der Waals surface area contributed by atoms with Gasteiger partial charge in [-0.1, -0.05) is 6.07 Å². The zero-order valence-corrected chi connectivity index (χ0v) is 15.5. The van der Waals surface area contributed by atoms with Crippen LogP contribution in [0.25, 0.3) is 5.57 Å². The van der Waals surface area contributed by atoms with Gasteiger partial charge in [0.1, 0.15) is 11.3 Å². The molecular weight excluding hydrogens is 360 g/mol. The van der Waals surface area contributed by atoms with E-state index < -0.39 is 11.5 Å². The van der Waals surface area contributed by atoms with Gasteiger partial charge in [0.2, 0.25) is 0 Å². The van der Waals surface area contributed by atoms with Crippen LogP contribution >= 0.6 is 0 Å². The standard InChI is InChI=1S/C19H22N6O3/c1-2-28-19(27)13(14-6-3-4-9-22-14)11-23-16-10-12-15(24-20)7-5-8-17(12)25(21)18(16)26/h3-4,6,9-11,23H,2,5,7-8,20-21H2,1H3/b13-11-,24-15-. The number of aromatic nitrogens is 2. The molecule has 1 aliphatic carbocycles. The van der Waals surface area contributed by atoms with Crippen LogP contribution in [0.2, 0.25) is 0 Å². The summed E-state index contributed by atoms with van der Waals surface area (Å²) in [7, 11) is 0. The molecule has 0 radical (unpaired) electrons. The van der Waals surface area contributed by atoms with Gasteiger partial charge in [-0.05, 0) is 44.4 Å². The molecule has 0 unspecified atom stereocenters. The smallest absolute Gasteiger partial charge is 0.341 e. The maximum atomic E-state index is 12.6. The van der Waals surface area contributed by atoms with Gasteiger partial charge in [0.25, 0.3) is 5.56 Å². The second kappa shape index (κ2) is 8.38. The number of carbonyl (C=O) groups is 1. The molecule has 1 aliphatic rings. The minimum absolute atomic E-state index is 0.191. The SMILES string of the molecule is CCOC(=O)/C(=C\Nc1cc2c(n(N)c1=O)CCC/C2=N/N)c1ccccn1. The molecule has 0 aromatic carbocycles. The molecule has 0 spiro atoms. The van der Waals surface area contributed by atoms with E-state index in [0.717, 1.165) is 16.7 Å². The molecule has 0 amide bonds. The third kappa shape index (κ3) is 3.73. The molecular formula is C19H22N6O3. The number of hydrogen-bond donors (Lipinski definition) is 3. The van der Waals surface area contributed by atoms with Crippen LogP contribution in [0.1, 0.15) is 36.7 Å². The van der Waals surface area contributed by atoms with Gasteiger partial charge in [-0.2, -0.15) is 5.10 Å². The Labute approximate surface area is 161 Å². The average molecular weight is 382 g/mol. The summed E-state index contributed by atoms with van der Waals surface area (Å²) in [6.45, 7) is 1.93. The monoisotopic (exact) mass is 382 g/mol. The Balaban J connectivity index is 2.03. The van der Waals surface area contributed by atoms with E-state index in [9.17, 15) is 9.59 Å². The molecule has 0 fully saturated rings. The summed E-state index contributed by atoms with van der Waals surface area (Å²) in [4.78, 5) is 29.1. The van der Waals surface area contributed by atoms with E-state index in [1.165, 1.54) is 6.20 Å². The molecule has 0 saturated heterocycles. The van der Waals surface area contributed by atoms with Crippen molar-refractivity contribution < 1.29 is 9.53 Å². The Hall–Kier alpha value is -3.62. The summed E-state index contributed by atoms with van der Waals surface area (Å²) in [5.41, 5.74) is 2.48. The minimum Gasteiger partial charge on any atom is -0.462 e. The van der Waals surface area contributed by atoms with E-state index in [0.29, 0.717) is 29.9 Å². The van der Waals surface area contributed by atoms with Gasteiger partial charge in [-0.25, -0.2) is 9.47 Å². The lowest BCUT2D eigenvalue weighted by Gasteiger charge is -2.21. The molecule has 2 heterocycles. The number of nitrogen functional groups attached to an aromatic ring is 1. The number of nitrogens with zero attached hydrogens (tertiary/aromatic N) is 3. The summed E-state index contributed by atoms with van der Waals surface area (Å²) in [5.74, 6) is 10.9. The second-order valence-corrected chi connectivity index (χ2v) is 6.16. The van der Waals surface area contributed by atoms with Crippen molar-refractivity contribution in [1.29, 1.82) is 0 Å². The van der Waals surface area contributed by atoms with Crippen molar-refractivity contribution in [2.45, 2.75) is 26.2 Å². The van der Waals surface area contributed by atoms with Crippen LogP contribution in [0.3, 0.4) is 0 Å². The lowest BCUT2D eigenvalue weighted by molar-refractivity contribution is -0.136. The first kappa shape index (κ1) is 19.2. The Morgan fingerprint density at radius 1 is 1.43 bits per heavy atom. The van der Waals surface area contributed by atoms with Gasteiger partial charge in [0.05, 0.1) is 23.7 Å². The van der Waals surface area contributed by atoms with E-state index in [1.54, 1.807) is 37.4 Å². The fourth-order valence-electron chi connectivity index (χ4n) is 3.09. The number of rotatable bonds is 5. The van der Waals surface area contributed by atoms with Crippen LogP contribution in [-0.2, 0) is 16.0 Å². The van der Waals surface area contributed by atoms with Crippen LogP contribution in [0.4, 0.5) is 5.69 Å². The summed E-state index contributed by atoms with van der Waals surface area (Å²) in [6.07, 6.45) is 5.15. The van der Waals surface area contributed by atoms with Gasteiger partial charge >= 0.3 is 5.97 Å². The second-order valence-electron chi connectivity index (χ2n) is 6.16. The van der Waals surface area contributed by atoms with Crippen LogP contribution in [0.15, 0.2) is 46.6 Å². The number of nitrogens with one attached hydrogen (secondary N) is 1. The lowest BCUT2D eigenvalue weighted by atomic mass is 9.93. The maximum Gasteiger partial charge on any atom is 0.341 e. The zero-order chi connectivity index (χ0) is 20.1. The van der Waals surface area contributed by atoms with Gasteiger partial charge < -0.3 is 21.7 Å². The van der Waals surface area contributed by atoms with E-state index in [-0.39, 0.29) is 17.9 Å². The molecule has 0 aliphatic heterocycles. The molecule has 0 bridgehead atoms. The average Bonchev–Trinajstić information content (AvgIpc) is 2.72. The predicted molar refractivity (Wildman–Crippen MR) is 107 cm³/mol. The Morgan fingerprint density at radius 3 is 2.93 bits per heavy atom. The number of esters is 1. The first-order valence-corrected chi connectivity index (χ1v) is 8.93. The third-order valence-electron chi connectivity index (χ3n) is 4.44. The lowest BCUT2D eigenvalue weighted by Crippen LogP contribution is -2.35. The highest BCUT2D eigenvalue weighted by molar-refractivity contribution is 6.16. The summed E-state index contributed by atoms with van der Waals surface area (Å²) < 4.78 is 6.19. The number of fused-ring (bicyclic) bond motifs is 1. The number of anilines is 1. The normalized spacial score (nSPS) is 15.2. The fraction of sp³-hybridized carbons (Fsp3) is 0.263. The van der Waals surface area contributed by atoms with Crippen molar-refractivity contribution in [1.82, 2.24) is 9.66 Å². The molecule has 0 atom stereocenters. The molecule has 28 heavy (non-hydrogen) atoms. The Bertz CT molecular complexity index is 995. The van der Waals surface area contributed by atoms with Crippen LogP contribution in [-0.4, -0.2) is 27.9 Å². The molecule has 5 N–H and O–H groups in total. The maximum absolute atomic E-state index is 12.6. The van der Waals surface area contributed by atoms with E-state index in [4.69, 9.17) is 16.4 Å². The van der Waals surface area contributed by atoms with Crippen LogP contribution in [0, 0.1) is 0 Å². The molecule has 9 nitrogen and oxygen atoms in total. The third-order valence-corrected chi connectivity index (χ3v) is 4.44. The van der Waals surface area contributed by atoms with Crippen molar-refractivity contribution in [3.05, 3.63) is 64.0 Å². The molecule has 2 aromatic rings. The highest BCUT2D eigenvalue weighted by Crippen LogP contribution is 2.22. The molecule has 3 rings (SSSR count). The number of hydrogen-bond acceptors (Lipinski definition) is 8. The van der Waals surface area contributed by atoms with Crippen LogP contribution < -0.4 is 22.6 Å². The largest absolute Gasteiger partial charge is 0.462 e. The predicted octanol–water partition coefficient (Wildman–Crippen LogP) is 0.972. The van der Waals surface area contributed by atoms with Crippen LogP contribution in [0.5, 0.6) is 0 Å². The van der Waals surface area contributed by atoms with E-state index >= 15 is 0 Å². The number of pyridine rings is 2. The van der Waals surface area contributed by atoms with Crippen molar-refractivity contribution in [2.75, 3.05) is 17.8 Å². The summed E-state index contributed by atoms with van der Waals surface area (Å²) in [5, 5.41) is 6.69. The van der Waals surface area contributed by atoms with E-state index in [2.05, 4.69) is 15.4 Å².